The van der Waals surface area contributed by atoms with Gasteiger partial charge >= 0.3 is 0 Å². The first-order valence-electron chi connectivity index (χ1n) is 3.20. The Morgan fingerprint density at radius 1 is 1.00 bits per heavy atom. The first kappa shape index (κ1) is 7.81. The van der Waals surface area contributed by atoms with E-state index >= 15 is 0 Å². The van der Waals surface area contributed by atoms with E-state index in [0.29, 0.717) is 0 Å². The first-order chi connectivity index (χ1) is 4.39. The van der Waals surface area contributed by atoms with E-state index in [9.17, 15) is 0 Å². The van der Waals surface area contributed by atoms with Crippen molar-refractivity contribution in [1.82, 2.24) is 18.2 Å². The number of hydrogen-bond donors (Lipinski definition) is 3. The lowest BCUT2D eigenvalue weighted by atomic mass is 11.6. The van der Waals surface area contributed by atoms with Crippen LogP contribution in [0.5, 0.6) is 0 Å². The summed E-state index contributed by atoms with van der Waals surface area (Å²) in [4.78, 5) is 0. The van der Waals surface area contributed by atoms with E-state index in [-0.39, 0.29) is 39.4 Å². The smallest absolute Gasteiger partial charge is 0.157 e. The molecule has 0 aromatic rings. The molecule has 0 bridgehead atoms. The third-order valence-electron chi connectivity index (χ3n) is 1.26. The van der Waals surface area contributed by atoms with Crippen LogP contribution >= 0.6 is 0 Å². The quantitative estimate of drug-likeness (QED) is 0.337. The molecule has 8 heteroatoms. The molecule has 3 N–H and O–H groups in total. The van der Waals surface area contributed by atoms with Crippen LogP contribution in [0.1, 0.15) is 0 Å². The molecule has 1 saturated heterocycles. The van der Waals surface area contributed by atoms with Crippen LogP contribution in [0.15, 0.2) is 0 Å². The minimum absolute atomic E-state index is 0.0201. The summed E-state index contributed by atoms with van der Waals surface area (Å²) in [6.07, 6.45) is 0. The molecule has 1 aliphatic heterocycles. The van der Waals surface area contributed by atoms with E-state index in [4.69, 9.17) is 0 Å². The van der Waals surface area contributed by atoms with Crippen LogP contribution in [0, 0.1) is 0 Å². The fourth-order valence-corrected chi connectivity index (χ4v) is 13.1. The van der Waals surface area contributed by atoms with E-state index in [2.05, 4.69) is 25.2 Å². The van der Waals surface area contributed by atoms with Gasteiger partial charge in [0.15, 0.2) is 39.4 Å². The molecule has 0 aromatic carbocycles. The predicted molar refractivity (Wildman–Crippen MR) is 51.3 cm³/mol. The topological polar surface area (TPSA) is 39.3 Å². The van der Waals surface area contributed by atoms with Gasteiger partial charge in [-0.2, -0.15) is 0 Å². The fraction of sp³-hybridized carbons (Fsp3) is 1.00. The van der Waals surface area contributed by atoms with Crippen molar-refractivity contribution in [3.05, 3.63) is 0 Å². The molecule has 0 radical (unpaired) electrons. The van der Waals surface area contributed by atoms with E-state index < -0.39 is 0 Å². The van der Waals surface area contributed by atoms with Gasteiger partial charge in [0.05, 0.1) is 0 Å². The lowest BCUT2D eigenvalue weighted by Gasteiger charge is -2.20. The Hall–Kier alpha value is 0.708. The SMILES string of the molecule is CN1[SiH2]N[SiH2]N[SiH2]N[SiH2]1. The van der Waals surface area contributed by atoms with Crippen LogP contribution in [-0.4, -0.2) is 50.6 Å². The summed E-state index contributed by atoms with van der Waals surface area (Å²) in [5, 5.41) is 0. The van der Waals surface area contributed by atoms with Gasteiger partial charge in [0.25, 0.3) is 0 Å². The van der Waals surface area contributed by atoms with Crippen LogP contribution < -0.4 is 13.9 Å². The highest BCUT2D eigenvalue weighted by Crippen LogP contribution is 1.66. The van der Waals surface area contributed by atoms with Crippen LogP contribution in [0.2, 0.25) is 0 Å². The Labute approximate surface area is 65.1 Å². The zero-order chi connectivity index (χ0) is 6.53. The largest absolute Gasteiger partial charge is 0.346 e. The summed E-state index contributed by atoms with van der Waals surface area (Å²) in [5.74, 6) is 0. The standard InChI is InChI=1S/CH14N4Si4/c1-5-8-3-6-2-7-4-9-5/h2-4H,6-9H2,1H3. The molecule has 1 fully saturated rings. The molecule has 54 valence electrons. The van der Waals surface area contributed by atoms with Crippen LogP contribution in [0.3, 0.4) is 0 Å². The third-order valence-corrected chi connectivity index (χ3v) is 9.47. The second-order valence-corrected chi connectivity index (χ2v) is 12.7. The van der Waals surface area contributed by atoms with Gasteiger partial charge in [-0.1, -0.05) is 0 Å². The number of nitrogens with zero attached hydrogens (tertiary/aromatic N) is 1. The number of hydrogen-bond acceptors (Lipinski definition) is 4. The Kier molecular flexibility index (Phi) is 3.92. The molecule has 0 unspecified atom stereocenters. The van der Waals surface area contributed by atoms with Gasteiger partial charge in [-0.15, -0.1) is 0 Å². The van der Waals surface area contributed by atoms with Crippen molar-refractivity contribution in [2.75, 3.05) is 7.05 Å². The summed E-state index contributed by atoms with van der Waals surface area (Å²) in [5.41, 5.74) is 0. The van der Waals surface area contributed by atoms with Crippen molar-refractivity contribution in [2.24, 2.45) is 0 Å². The van der Waals surface area contributed by atoms with Gasteiger partial charge in [-0.05, 0) is 7.05 Å². The van der Waals surface area contributed by atoms with Crippen molar-refractivity contribution < 1.29 is 0 Å². The van der Waals surface area contributed by atoms with Crippen molar-refractivity contribution >= 4 is 39.4 Å². The zero-order valence-corrected chi connectivity index (χ0v) is 11.4. The summed E-state index contributed by atoms with van der Waals surface area (Å²) in [6, 6.07) is 0. The number of nitrogens with one attached hydrogen (secondary N) is 3. The molecule has 0 saturated carbocycles. The maximum Gasteiger partial charge on any atom is 0.157 e. The van der Waals surface area contributed by atoms with Gasteiger partial charge in [0, 0.05) is 0 Å². The van der Waals surface area contributed by atoms with Crippen molar-refractivity contribution in [3.63, 3.8) is 0 Å². The van der Waals surface area contributed by atoms with Gasteiger partial charge in [-0.3, -0.25) is 0 Å². The normalized spacial score (nSPS) is 35.7. The van der Waals surface area contributed by atoms with Crippen LogP contribution in [0.4, 0.5) is 0 Å². The Bertz CT molecular complexity index is 71.0. The summed E-state index contributed by atoms with van der Waals surface area (Å²) in [7, 11) is 2.12. The van der Waals surface area contributed by atoms with Crippen molar-refractivity contribution in [1.29, 1.82) is 0 Å². The van der Waals surface area contributed by atoms with Gasteiger partial charge in [0.1, 0.15) is 0 Å². The Morgan fingerprint density at radius 2 is 1.56 bits per heavy atom. The van der Waals surface area contributed by atoms with E-state index in [1.165, 1.54) is 0 Å². The summed E-state index contributed by atoms with van der Waals surface area (Å²) in [6.45, 7) is 0. The van der Waals surface area contributed by atoms with Crippen molar-refractivity contribution in [2.45, 2.75) is 0 Å². The average molecular weight is 194 g/mol. The van der Waals surface area contributed by atoms with Crippen molar-refractivity contribution in [3.8, 4) is 0 Å². The minimum atomic E-state index is -0.0388. The second kappa shape index (κ2) is 4.51. The maximum atomic E-state index is 3.56. The second-order valence-electron chi connectivity index (χ2n) is 2.28. The fourth-order valence-electron chi connectivity index (χ4n) is 0.789. The van der Waals surface area contributed by atoms with Gasteiger partial charge in [-0.25, -0.2) is 0 Å². The predicted octanol–water partition coefficient (Wildman–Crippen LogP) is -5.30. The highest BCUT2D eigenvalue weighted by Gasteiger charge is 2.00. The summed E-state index contributed by atoms with van der Waals surface area (Å²) >= 11 is 0. The van der Waals surface area contributed by atoms with Crippen LogP contribution in [0.25, 0.3) is 0 Å². The molecular weight excluding hydrogens is 180 g/mol. The maximum absolute atomic E-state index is 3.56. The Morgan fingerprint density at radius 3 is 2.11 bits per heavy atom. The molecule has 1 heterocycles. The van der Waals surface area contributed by atoms with Gasteiger partial charge < -0.3 is 18.2 Å². The van der Waals surface area contributed by atoms with E-state index in [0.717, 1.165) is 0 Å². The highest BCUT2D eigenvalue weighted by molar-refractivity contribution is 6.65. The molecular formula is CH14N4Si4. The monoisotopic (exact) mass is 194 g/mol. The molecule has 1 aliphatic rings. The molecule has 0 spiro atoms. The Balaban J connectivity index is 2.12. The molecule has 0 aromatic heterocycles. The lowest BCUT2D eigenvalue weighted by molar-refractivity contribution is 0.821. The molecule has 0 aliphatic carbocycles. The third kappa shape index (κ3) is 3.42. The van der Waals surface area contributed by atoms with Gasteiger partial charge in [0.2, 0.25) is 0 Å². The van der Waals surface area contributed by atoms with E-state index in [1.54, 1.807) is 0 Å². The zero-order valence-electron chi connectivity index (χ0n) is 5.78. The molecule has 0 amide bonds. The molecule has 1 rings (SSSR count). The first-order valence-corrected chi connectivity index (χ1v) is 8.71. The summed E-state index contributed by atoms with van der Waals surface area (Å²) < 4.78 is 13.2. The molecule has 9 heavy (non-hydrogen) atoms. The molecule has 0 atom stereocenters. The molecule has 4 nitrogen and oxygen atoms in total. The minimum Gasteiger partial charge on any atom is -0.346 e. The van der Waals surface area contributed by atoms with E-state index in [1.807, 2.05) is 0 Å². The van der Waals surface area contributed by atoms with Crippen LogP contribution in [-0.2, 0) is 0 Å². The average Bonchev–Trinajstić information content (AvgIpc) is 1.79. The lowest BCUT2D eigenvalue weighted by Crippen LogP contribution is -2.56. The number of rotatable bonds is 0. The highest BCUT2D eigenvalue weighted by atomic mass is 28.4.